The molecule has 0 aliphatic heterocycles. The van der Waals surface area contributed by atoms with Crippen LogP contribution in [0, 0.1) is 6.92 Å². The molecule has 1 amide bonds. The van der Waals surface area contributed by atoms with Crippen molar-refractivity contribution < 1.29 is 4.79 Å². The lowest BCUT2D eigenvalue weighted by Gasteiger charge is -2.19. The van der Waals surface area contributed by atoms with E-state index < -0.39 is 0 Å². The fourth-order valence-corrected chi connectivity index (χ4v) is 1.80. The number of carbonyl (C=O) groups excluding carboxylic acids is 1. The molecule has 0 radical (unpaired) electrons. The molecule has 18 heavy (non-hydrogen) atoms. The van der Waals surface area contributed by atoms with Crippen LogP contribution in [0.1, 0.15) is 22.3 Å². The van der Waals surface area contributed by atoms with E-state index in [0.29, 0.717) is 11.3 Å². The van der Waals surface area contributed by atoms with Crippen LogP contribution in [-0.2, 0) is 0 Å². The van der Waals surface area contributed by atoms with Crippen LogP contribution in [0.15, 0.2) is 18.2 Å². The number of rotatable bonds is 5. The minimum Gasteiger partial charge on any atom is -0.398 e. The third-order valence-corrected chi connectivity index (χ3v) is 3.00. The molecule has 0 aliphatic carbocycles. The van der Waals surface area contributed by atoms with Gasteiger partial charge in [-0.1, -0.05) is 12.1 Å². The minimum absolute atomic E-state index is 0.00467. The Morgan fingerprint density at radius 3 is 2.50 bits per heavy atom. The van der Waals surface area contributed by atoms with Crippen molar-refractivity contribution in [2.75, 3.05) is 40.0 Å². The maximum absolute atomic E-state index is 12.2. The summed E-state index contributed by atoms with van der Waals surface area (Å²) in [5.41, 5.74) is 8.07. The van der Waals surface area contributed by atoms with Gasteiger partial charge >= 0.3 is 0 Å². The molecule has 1 aromatic rings. The standard InChI is InChI=1S/C14H23N3O/c1-11-7-5-8-12(13(11)15)14(18)17(4)10-6-9-16(2)3/h5,7-8H,6,9-10,15H2,1-4H3. The molecule has 4 heteroatoms. The van der Waals surface area contributed by atoms with Gasteiger partial charge in [-0.15, -0.1) is 0 Å². The van der Waals surface area contributed by atoms with E-state index in [9.17, 15) is 4.79 Å². The first-order chi connectivity index (χ1) is 8.43. The smallest absolute Gasteiger partial charge is 0.255 e. The number of carbonyl (C=O) groups is 1. The van der Waals surface area contributed by atoms with Crippen LogP contribution in [0.5, 0.6) is 0 Å². The van der Waals surface area contributed by atoms with E-state index in [1.807, 2.05) is 40.2 Å². The summed E-state index contributed by atoms with van der Waals surface area (Å²) in [7, 11) is 5.88. The average molecular weight is 249 g/mol. The minimum atomic E-state index is -0.00467. The number of para-hydroxylation sites is 1. The summed E-state index contributed by atoms with van der Waals surface area (Å²) in [6, 6.07) is 5.57. The second kappa shape index (κ2) is 6.40. The number of aryl methyl sites for hydroxylation is 1. The highest BCUT2D eigenvalue weighted by molar-refractivity contribution is 5.99. The largest absolute Gasteiger partial charge is 0.398 e. The van der Waals surface area contributed by atoms with Crippen LogP contribution < -0.4 is 5.73 Å². The van der Waals surface area contributed by atoms with Gasteiger partial charge in [-0.25, -0.2) is 0 Å². The van der Waals surface area contributed by atoms with Gasteiger partial charge in [0.25, 0.3) is 5.91 Å². The zero-order valence-electron chi connectivity index (χ0n) is 11.7. The Kier molecular flexibility index (Phi) is 5.16. The first-order valence-corrected chi connectivity index (χ1v) is 6.18. The van der Waals surface area contributed by atoms with Gasteiger partial charge in [-0.3, -0.25) is 4.79 Å². The normalized spacial score (nSPS) is 10.7. The van der Waals surface area contributed by atoms with Crippen molar-refractivity contribution in [1.29, 1.82) is 0 Å². The maximum atomic E-state index is 12.2. The molecule has 0 aliphatic rings. The van der Waals surface area contributed by atoms with Crippen molar-refractivity contribution in [1.82, 2.24) is 9.80 Å². The Morgan fingerprint density at radius 1 is 1.22 bits per heavy atom. The summed E-state index contributed by atoms with van der Waals surface area (Å²) >= 11 is 0. The van der Waals surface area contributed by atoms with Crippen molar-refractivity contribution >= 4 is 11.6 Å². The van der Waals surface area contributed by atoms with Crippen LogP contribution in [-0.4, -0.2) is 49.9 Å². The van der Waals surface area contributed by atoms with Crippen LogP contribution in [0.25, 0.3) is 0 Å². The third-order valence-electron chi connectivity index (χ3n) is 3.00. The van der Waals surface area contributed by atoms with Crippen molar-refractivity contribution in [3.8, 4) is 0 Å². The van der Waals surface area contributed by atoms with Gasteiger partial charge < -0.3 is 15.5 Å². The monoisotopic (exact) mass is 249 g/mol. The van der Waals surface area contributed by atoms with E-state index >= 15 is 0 Å². The SMILES string of the molecule is Cc1cccc(C(=O)N(C)CCCN(C)C)c1N. The number of amides is 1. The van der Waals surface area contributed by atoms with Gasteiger partial charge in [0.1, 0.15) is 0 Å². The Balaban J connectivity index is 2.66. The number of hydrogen-bond acceptors (Lipinski definition) is 3. The summed E-state index contributed by atoms with van der Waals surface area (Å²) in [5, 5.41) is 0. The topological polar surface area (TPSA) is 49.6 Å². The molecule has 0 aromatic heterocycles. The maximum Gasteiger partial charge on any atom is 0.255 e. The molecule has 0 fully saturated rings. The van der Waals surface area contributed by atoms with Gasteiger partial charge in [-0.2, -0.15) is 0 Å². The summed E-state index contributed by atoms with van der Waals surface area (Å²) < 4.78 is 0. The molecule has 0 unspecified atom stereocenters. The fourth-order valence-electron chi connectivity index (χ4n) is 1.80. The third kappa shape index (κ3) is 3.74. The molecule has 0 atom stereocenters. The van der Waals surface area contributed by atoms with Gasteiger partial charge in [0.2, 0.25) is 0 Å². The van der Waals surface area contributed by atoms with Crippen molar-refractivity contribution in [3.05, 3.63) is 29.3 Å². The van der Waals surface area contributed by atoms with Crippen LogP contribution in [0.3, 0.4) is 0 Å². The second-order valence-corrected chi connectivity index (χ2v) is 4.92. The molecule has 1 aromatic carbocycles. The molecule has 0 spiro atoms. The molecule has 100 valence electrons. The zero-order chi connectivity index (χ0) is 13.7. The lowest BCUT2D eigenvalue weighted by molar-refractivity contribution is 0.0791. The van der Waals surface area contributed by atoms with E-state index in [0.717, 1.165) is 25.1 Å². The van der Waals surface area contributed by atoms with E-state index in [1.54, 1.807) is 11.0 Å². The van der Waals surface area contributed by atoms with Crippen LogP contribution >= 0.6 is 0 Å². The molecule has 4 nitrogen and oxygen atoms in total. The van der Waals surface area contributed by atoms with E-state index in [4.69, 9.17) is 5.73 Å². The molecule has 0 bridgehead atoms. The number of nitrogen functional groups attached to an aromatic ring is 1. The Morgan fingerprint density at radius 2 is 1.89 bits per heavy atom. The number of anilines is 1. The Hall–Kier alpha value is -1.55. The number of hydrogen-bond donors (Lipinski definition) is 1. The van der Waals surface area contributed by atoms with Crippen molar-refractivity contribution in [2.24, 2.45) is 0 Å². The molecule has 2 N–H and O–H groups in total. The predicted molar refractivity (Wildman–Crippen MR) is 75.7 cm³/mol. The molecular formula is C14H23N3O. The van der Waals surface area contributed by atoms with Crippen LogP contribution in [0.2, 0.25) is 0 Å². The summed E-state index contributed by atoms with van der Waals surface area (Å²) in [4.78, 5) is 16.1. The van der Waals surface area contributed by atoms with Gasteiger partial charge in [0.05, 0.1) is 5.56 Å². The molecule has 0 saturated carbocycles. The Bertz CT molecular complexity index is 416. The van der Waals surface area contributed by atoms with Gasteiger partial charge in [0, 0.05) is 19.3 Å². The zero-order valence-corrected chi connectivity index (χ0v) is 11.7. The lowest BCUT2D eigenvalue weighted by atomic mass is 10.1. The quantitative estimate of drug-likeness (QED) is 0.806. The highest BCUT2D eigenvalue weighted by Gasteiger charge is 2.14. The van der Waals surface area contributed by atoms with Gasteiger partial charge in [-0.05, 0) is 45.6 Å². The molecule has 0 saturated heterocycles. The highest BCUT2D eigenvalue weighted by Crippen LogP contribution is 2.17. The van der Waals surface area contributed by atoms with E-state index in [-0.39, 0.29) is 5.91 Å². The van der Waals surface area contributed by atoms with Gasteiger partial charge in [0.15, 0.2) is 0 Å². The highest BCUT2D eigenvalue weighted by atomic mass is 16.2. The summed E-state index contributed by atoms with van der Waals surface area (Å²) in [5.74, 6) is -0.00467. The number of nitrogens with zero attached hydrogens (tertiary/aromatic N) is 2. The fraction of sp³-hybridized carbons (Fsp3) is 0.500. The second-order valence-electron chi connectivity index (χ2n) is 4.92. The number of benzene rings is 1. The average Bonchev–Trinajstić information content (AvgIpc) is 2.31. The van der Waals surface area contributed by atoms with E-state index in [1.165, 1.54) is 0 Å². The predicted octanol–water partition coefficient (Wildman–Crippen LogP) is 1.60. The Labute approximate surface area is 109 Å². The molecular weight excluding hydrogens is 226 g/mol. The number of nitrogens with two attached hydrogens (primary N) is 1. The summed E-state index contributed by atoms with van der Waals surface area (Å²) in [6.07, 6.45) is 0.959. The first kappa shape index (κ1) is 14.5. The molecule has 1 rings (SSSR count). The van der Waals surface area contributed by atoms with E-state index in [2.05, 4.69) is 4.90 Å². The van der Waals surface area contributed by atoms with Crippen molar-refractivity contribution in [3.63, 3.8) is 0 Å². The lowest BCUT2D eigenvalue weighted by Crippen LogP contribution is -2.30. The van der Waals surface area contributed by atoms with Crippen molar-refractivity contribution in [2.45, 2.75) is 13.3 Å². The molecule has 0 heterocycles. The first-order valence-electron chi connectivity index (χ1n) is 6.18. The summed E-state index contributed by atoms with van der Waals surface area (Å²) in [6.45, 7) is 3.63. The van der Waals surface area contributed by atoms with Crippen LogP contribution in [0.4, 0.5) is 5.69 Å².